The summed E-state index contributed by atoms with van der Waals surface area (Å²) in [6.45, 7) is 6.16. The van der Waals surface area contributed by atoms with Crippen molar-refractivity contribution < 1.29 is 4.39 Å². The van der Waals surface area contributed by atoms with Crippen LogP contribution in [0.25, 0.3) is 0 Å². The number of hydrogen-bond donors (Lipinski definition) is 0. The molecule has 0 aliphatic heterocycles. The quantitative estimate of drug-likeness (QED) is 0.710. The molecule has 0 aliphatic rings. The van der Waals surface area contributed by atoms with Gasteiger partial charge in [0.15, 0.2) is 9.79 Å². The lowest BCUT2D eigenvalue weighted by Crippen LogP contribution is -2.07. The van der Waals surface area contributed by atoms with Gasteiger partial charge in [-0.15, -0.1) is 0 Å². The van der Waals surface area contributed by atoms with Crippen molar-refractivity contribution in [2.45, 2.75) is 30.6 Å². The van der Waals surface area contributed by atoms with Crippen LogP contribution in [0.2, 0.25) is 0 Å². The summed E-state index contributed by atoms with van der Waals surface area (Å²) < 4.78 is 13.5. The first-order valence-corrected chi connectivity index (χ1v) is 7.42. The van der Waals surface area contributed by atoms with E-state index in [1.807, 2.05) is 12.1 Å². The number of halogens is 1. The Labute approximate surface area is 111 Å². The molecular formula is C16H18FS+. The molecule has 0 spiro atoms. The van der Waals surface area contributed by atoms with Crippen LogP contribution in [0.5, 0.6) is 0 Å². The van der Waals surface area contributed by atoms with Crippen molar-refractivity contribution in [3.05, 3.63) is 59.2 Å². The van der Waals surface area contributed by atoms with Gasteiger partial charge >= 0.3 is 0 Å². The van der Waals surface area contributed by atoms with E-state index in [-0.39, 0.29) is 6.01 Å². The Kier molecular flexibility index (Phi) is 4.07. The van der Waals surface area contributed by atoms with Crippen molar-refractivity contribution >= 4 is 10.9 Å². The maximum Gasteiger partial charge on any atom is 0.256 e. The van der Waals surface area contributed by atoms with Gasteiger partial charge in [-0.2, -0.15) is 4.39 Å². The summed E-state index contributed by atoms with van der Waals surface area (Å²) in [4.78, 5) is 2.21. The van der Waals surface area contributed by atoms with E-state index in [4.69, 9.17) is 0 Å². The van der Waals surface area contributed by atoms with Gasteiger partial charge in [0.25, 0.3) is 6.01 Å². The smallest absolute Gasteiger partial charge is 0.192 e. The number of rotatable bonds is 3. The summed E-state index contributed by atoms with van der Waals surface area (Å²) in [5.74, 6) is 0. The third-order valence-electron chi connectivity index (χ3n) is 3.02. The molecule has 0 bridgehead atoms. The molecule has 0 nitrogen and oxygen atoms in total. The van der Waals surface area contributed by atoms with E-state index < -0.39 is 10.9 Å². The molecule has 2 heteroatoms. The molecule has 2 aromatic carbocycles. The second kappa shape index (κ2) is 5.57. The minimum atomic E-state index is -0.455. The van der Waals surface area contributed by atoms with Crippen molar-refractivity contribution in [1.82, 2.24) is 0 Å². The standard InChI is InChI=1S/C16H18FS/c1-12-5-8-15(9-6-12)18(11-17)16-10-13(2)4-7-14(16)3/h4-10H,11H2,1-3H3/q+1. The predicted octanol–water partition coefficient (Wildman–Crippen LogP) is 4.58. The number of alkyl halides is 1. The summed E-state index contributed by atoms with van der Waals surface area (Å²) >= 11 is 0. The van der Waals surface area contributed by atoms with Crippen LogP contribution >= 0.6 is 0 Å². The molecule has 0 heterocycles. The maximum atomic E-state index is 13.5. The van der Waals surface area contributed by atoms with E-state index in [0.29, 0.717) is 0 Å². The Bertz CT molecular complexity index is 531. The molecule has 0 radical (unpaired) electrons. The van der Waals surface area contributed by atoms with Crippen molar-refractivity contribution in [3.8, 4) is 0 Å². The summed E-state index contributed by atoms with van der Waals surface area (Å²) in [5.41, 5.74) is 3.57. The van der Waals surface area contributed by atoms with Gasteiger partial charge in [-0.05, 0) is 44.5 Å². The van der Waals surface area contributed by atoms with Gasteiger partial charge in [0.05, 0.1) is 10.9 Å². The maximum absolute atomic E-state index is 13.5. The van der Waals surface area contributed by atoms with E-state index in [1.54, 1.807) is 0 Å². The molecule has 2 rings (SSSR count). The average molecular weight is 261 g/mol. The number of aryl methyl sites for hydroxylation is 3. The third kappa shape index (κ3) is 2.75. The second-order valence-corrected chi connectivity index (χ2v) is 6.49. The van der Waals surface area contributed by atoms with Gasteiger partial charge in [-0.1, -0.05) is 29.8 Å². The zero-order valence-corrected chi connectivity index (χ0v) is 11.9. The van der Waals surface area contributed by atoms with Crippen LogP contribution in [0.15, 0.2) is 52.3 Å². The van der Waals surface area contributed by atoms with E-state index in [0.717, 1.165) is 9.79 Å². The van der Waals surface area contributed by atoms with Crippen LogP contribution in [0, 0.1) is 20.8 Å². The van der Waals surface area contributed by atoms with E-state index >= 15 is 0 Å². The predicted molar refractivity (Wildman–Crippen MR) is 77.0 cm³/mol. The minimum Gasteiger partial charge on any atom is -0.192 e. The Balaban J connectivity index is 2.44. The largest absolute Gasteiger partial charge is 0.256 e. The van der Waals surface area contributed by atoms with Gasteiger partial charge in [0, 0.05) is 5.56 Å². The van der Waals surface area contributed by atoms with Crippen LogP contribution in [-0.4, -0.2) is 6.01 Å². The van der Waals surface area contributed by atoms with Crippen molar-refractivity contribution in [3.63, 3.8) is 0 Å². The second-order valence-electron chi connectivity index (χ2n) is 4.58. The summed E-state index contributed by atoms with van der Waals surface area (Å²) in [6, 6.07) is 14.1. The molecule has 0 aliphatic carbocycles. The zero-order valence-electron chi connectivity index (χ0n) is 11.0. The first-order valence-electron chi connectivity index (χ1n) is 6.02. The molecule has 0 amide bonds. The summed E-state index contributed by atoms with van der Waals surface area (Å²) in [6.07, 6.45) is 0. The fraction of sp³-hybridized carbons (Fsp3) is 0.250. The summed E-state index contributed by atoms with van der Waals surface area (Å²) in [7, 11) is -0.455. The van der Waals surface area contributed by atoms with E-state index in [2.05, 4.69) is 51.1 Å². The molecule has 18 heavy (non-hydrogen) atoms. The molecule has 94 valence electrons. The Morgan fingerprint density at radius 3 is 2.11 bits per heavy atom. The fourth-order valence-electron chi connectivity index (χ4n) is 1.92. The van der Waals surface area contributed by atoms with Gasteiger partial charge in [-0.25, -0.2) is 0 Å². The molecule has 0 saturated carbocycles. The molecule has 0 fully saturated rings. The molecule has 0 aromatic heterocycles. The topological polar surface area (TPSA) is 0 Å². The van der Waals surface area contributed by atoms with Gasteiger partial charge < -0.3 is 0 Å². The van der Waals surface area contributed by atoms with Gasteiger partial charge in [-0.3, -0.25) is 0 Å². The van der Waals surface area contributed by atoms with E-state index in [9.17, 15) is 4.39 Å². The highest BCUT2D eigenvalue weighted by molar-refractivity contribution is 7.96. The average Bonchev–Trinajstić information content (AvgIpc) is 2.37. The minimum absolute atomic E-state index is 0.326. The van der Waals surface area contributed by atoms with Gasteiger partial charge in [0.2, 0.25) is 0 Å². The van der Waals surface area contributed by atoms with Gasteiger partial charge in [0.1, 0.15) is 0 Å². The molecule has 2 aromatic rings. The van der Waals surface area contributed by atoms with Crippen molar-refractivity contribution in [1.29, 1.82) is 0 Å². The molecule has 1 atom stereocenters. The van der Waals surface area contributed by atoms with Crippen molar-refractivity contribution in [2.24, 2.45) is 0 Å². The zero-order chi connectivity index (χ0) is 13.1. The monoisotopic (exact) mass is 261 g/mol. The van der Waals surface area contributed by atoms with Crippen LogP contribution in [-0.2, 0) is 10.9 Å². The highest BCUT2D eigenvalue weighted by Gasteiger charge is 2.26. The molecule has 0 saturated heterocycles. The Morgan fingerprint density at radius 1 is 0.889 bits per heavy atom. The van der Waals surface area contributed by atoms with Crippen molar-refractivity contribution in [2.75, 3.05) is 6.01 Å². The van der Waals surface area contributed by atoms with Crippen LogP contribution in [0.3, 0.4) is 0 Å². The van der Waals surface area contributed by atoms with Crippen LogP contribution in [0.1, 0.15) is 16.7 Å². The Hall–Kier alpha value is -1.28. The molecular weight excluding hydrogens is 243 g/mol. The fourth-order valence-corrected chi connectivity index (χ4v) is 3.67. The highest BCUT2D eigenvalue weighted by Crippen LogP contribution is 2.27. The number of hydrogen-bond acceptors (Lipinski definition) is 0. The SMILES string of the molecule is Cc1ccc([S+](CF)c2cc(C)ccc2C)cc1. The van der Waals surface area contributed by atoms with Crippen LogP contribution in [0.4, 0.5) is 4.39 Å². The molecule has 0 N–H and O–H groups in total. The lowest BCUT2D eigenvalue weighted by atomic mass is 10.2. The van der Waals surface area contributed by atoms with Crippen LogP contribution < -0.4 is 0 Å². The first kappa shape index (κ1) is 13.2. The number of benzene rings is 2. The third-order valence-corrected chi connectivity index (χ3v) is 5.05. The Morgan fingerprint density at radius 2 is 1.50 bits per heavy atom. The normalized spacial score (nSPS) is 12.4. The highest BCUT2D eigenvalue weighted by atomic mass is 32.2. The first-order chi connectivity index (χ1) is 8.61. The lowest BCUT2D eigenvalue weighted by molar-refractivity contribution is 0.600. The summed E-state index contributed by atoms with van der Waals surface area (Å²) in [5, 5.41) is 0. The molecule has 1 unspecified atom stereocenters. The van der Waals surface area contributed by atoms with E-state index in [1.165, 1.54) is 16.7 Å². The lowest BCUT2D eigenvalue weighted by Gasteiger charge is -2.08.